The SMILES string of the molecule is CNC(c1cc(F)ccc1Br)c1cccc2c1OCCC2. The number of rotatable bonds is 3. The van der Waals surface area contributed by atoms with Gasteiger partial charge >= 0.3 is 0 Å². The van der Waals surface area contributed by atoms with Gasteiger partial charge in [-0.1, -0.05) is 34.1 Å². The molecule has 4 heteroatoms. The molecule has 110 valence electrons. The third-order valence-electron chi connectivity index (χ3n) is 3.83. The molecule has 3 rings (SSSR count). The maximum Gasteiger partial charge on any atom is 0.127 e. The summed E-state index contributed by atoms with van der Waals surface area (Å²) in [5.74, 6) is 0.707. The van der Waals surface area contributed by atoms with E-state index in [1.54, 1.807) is 12.1 Å². The van der Waals surface area contributed by atoms with Crippen molar-refractivity contribution >= 4 is 15.9 Å². The van der Waals surface area contributed by atoms with E-state index >= 15 is 0 Å². The third-order valence-corrected chi connectivity index (χ3v) is 4.55. The lowest BCUT2D eigenvalue weighted by Gasteiger charge is -2.26. The van der Waals surface area contributed by atoms with Gasteiger partial charge in [-0.3, -0.25) is 0 Å². The minimum Gasteiger partial charge on any atom is -0.493 e. The van der Waals surface area contributed by atoms with Crippen molar-refractivity contribution in [3.8, 4) is 5.75 Å². The highest BCUT2D eigenvalue weighted by Gasteiger charge is 2.23. The maximum atomic E-state index is 13.6. The summed E-state index contributed by atoms with van der Waals surface area (Å²) in [7, 11) is 1.88. The first-order valence-corrected chi connectivity index (χ1v) is 7.87. The van der Waals surface area contributed by atoms with Gasteiger partial charge in [-0.2, -0.15) is 0 Å². The third kappa shape index (κ3) is 2.83. The fourth-order valence-corrected chi connectivity index (χ4v) is 3.33. The Labute approximate surface area is 132 Å². The lowest BCUT2D eigenvalue weighted by molar-refractivity contribution is 0.283. The Balaban J connectivity index is 2.10. The molecule has 0 aromatic heterocycles. The van der Waals surface area contributed by atoms with Crippen LogP contribution in [-0.2, 0) is 6.42 Å². The number of benzene rings is 2. The van der Waals surface area contributed by atoms with Crippen LogP contribution in [0.2, 0.25) is 0 Å². The number of hydrogen-bond acceptors (Lipinski definition) is 2. The molecule has 1 aliphatic rings. The Morgan fingerprint density at radius 2 is 2.10 bits per heavy atom. The van der Waals surface area contributed by atoms with Crippen LogP contribution in [0.4, 0.5) is 4.39 Å². The van der Waals surface area contributed by atoms with E-state index in [-0.39, 0.29) is 11.9 Å². The Hall–Kier alpha value is -1.39. The predicted octanol–water partition coefficient (Wildman–Crippen LogP) is 4.22. The van der Waals surface area contributed by atoms with Crippen molar-refractivity contribution in [1.29, 1.82) is 0 Å². The first-order valence-electron chi connectivity index (χ1n) is 7.07. The molecular formula is C17H17BrFNO. The second-order valence-corrected chi connectivity index (χ2v) is 6.03. The van der Waals surface area contributed by atoms with E-state index in [2.05, 4.69) is 27.3 Å². The van der Waals surface area contributed by atoms with Gasteiger partial charge in [0.05, 0.1) is 12.6 Å². The number of hydrogen-bond donors (Lipinski definition) is 1. The molecule has 2 aromatic carbocycles. The van der Waals surface area contributed by atoms with Crippen LogP contribution in [0.1, 0.15) is 29.2 Å². The molecule has 0 aliphatic carbocycles. The zero-order chi connectivity index (χ0) is 14.8. The van der Waals surface area contributed by atoms with E-state index in [1.165, 1.54) is 11.6 Å². The van der Waals surface area contributed by atoms with Crippen LogP contribution < -0.4 is 10.1 Å². The summed E-state index contributed by atoms with van der Waals surface area (Å²) in [6.07, 6.45) is 2.08. The summed E-state index contributed by atoms with van der Waals surface area (Å²) in [5, 5.41) is 3.28. The lowest BCUT2D eigenvalue weighted by Crippen LogP contribution is -2.21. The van der Waals surface area contributed by atoms with E-state index in [4.69, 9.17) is 4.74 Å². The van der Waals surface area contributed by atoms with Crippen LogP contribution in [0, 0.1) is 5.82 Å². The zero-order valence-electron chi connectivity index (χ0n) is 11.8. The fourth-order valence-electron chi connectivity index (χ4n) is 2.86. The molecule has 2 aromatic rings. The van der Waals surface area contributed by atoms with E-state index in [0.29, 0.717) is 0 Å². The number of aryl methyl sites for hydroxylation is 1. The first kappa shape index (κ1) is 14.5. The van der Waals surface area contributed by atoms with E-state index in [9.17, 15) is 4.39 Å². The Kier molecular flexibility index (Phi) is 4.27. The average Bonchev–Trinajstić information content (AvgIpc) is 2.51. The van der Waals surface area contributed by atoms with Crippen molar-refractivity contribution in [3.63, 3.8) is 0 Å². The van der Waals surface area contributed by atoms with Gasteiger partial charge in [0, 0.05) is 10.0 Å². The quantitative estimate of drug-likeness (QED) is 0.895. The molecule has 1 aliphatic heterocycles. The molecule has 0 radical (unpaired) electrons. The number of fused-ring (bicyclic) bond motifs is 1. The molecule has 2 nitrogen and oxygen atoms in total. The molecule has 1 N–H and O–H groups in total. The lowest BCUT2D eigenvalue weighted by atomic mass is 9.93. The van der Waals surface area contributed by atoms with Gasteiger partial charge in [-0.15, -0.1) is 0 Å². The molecule has 1 heterocycles. The monoisotopic (exact) mass is 349 g/mol. The molecule has 21 heavy (non-hydrogen) atoms. The van der Waals surface area contributed by atoms with Crippen LogP contribution in [0.25, 0.3) is 0 Å². The first-order chi connectivity index (χ1) is 10.2. The molecule has 0 saturated carbocycles. The van der Waals surface area contributed by atoms with Crippen molar-refractivity contribution in [3.05, 3.63) is 63.4 Å². The summed E-state index contributed by atoms with van der Waals surface area (Å²) in [6.45, 7) is 0.741. The summed E-state index contributed by atoms with van der Waals surface area (Å²) >= 11 is 3.52. The van der Waals surface area contributed by atoms with E-state index in [1.807, 2.05) is 19.2 Å². The molecule has 1 unspecified atom stereocenters. The molecular weight excluding hydrogens is 333 g/mol. The van der Waals surface area contributed by atoms with Crippen LogP contribution in [0.15, 0.2) is 40.9 Å². The normalized spacial score (nSPS) is 15.2. The molecule has 0 saturated heterocycles. The highest BCUT2D eigenvalue weighted by atomic mass is 79.9. The second-order valence-electron chi connectivity index (χ2n) is 5.18. The maximum absolute atomic E-state index is 13.6. The van der Waals surface area contributed by atoms with Gasteiger partial charge in [0.25, 0.3) is 0 Å². The molecule has 0 fully saturated rings. The van der Waals surface area contributed by atoms with Crippen molar-refractivity contribution in [2.45, 2.75) is 18.9 Å². The van der Waals surface area contributed by atoms with Gasteiger partial charge < -0.3 is 10.1 Å². The van der Waals surface area contributed by atoms with Crippen molar-refractivity contribution in [1.82, 2.24) is 5.32 Å². The average molecular weight is 350 g/mol. The fraction of sp³-hybridized carbons (Fsp3) is 0.294. The molecule has 0 bridgehead atoms. The van der Waals surface area contributed by atoms with Gasteiger partial charge in [0.2, 0.25) is 0 Å². The zero-order valence-corrected chi connectivity index (χ0v) is 13.4. The van der Waals surface area contributed by atoms with Gasteiger partial charge in [-0.25, -0.2) is 4.39 Å². The number of para-hydroxylation sites is 1. The summed E-state index contributed by atoms with van der Waals surface area (Å²) in [6, 6.07) is 10.8. The highest BCUT2D eigenvalue weighted by Crippen LogP contribution is 2.37. The van der Waals surface area contributed by atoms with E-state index in [0.717, 1.165) is 40.8 Å². The predicted molar refractivity (Wildman–Crippen MR) is 85.3 cm³/mol. The summed E-state index contributed by atoms with van der Waals surface area (Å²) in [5.41, 5.74) is 3.16. The van der Waals surface area contributed by atoms with Crippen LogP contribution >= 0.6 is 15.9 Å². The van der Waals surface area contributed by atoms with Crippen molar-refractivity contribution in [2.75, 3.05) is 13.7 Å². The number of halogens is 2. The standard InChI is InChI=1S/C17H17BrFNO/c1-20-16(14-10-12(19)7-8-15(14)18)13-6-2-4-11-5-3-9-21-17(11)13/h2,4,6-8,10,16,20H,3,5,9H2,1H3. The largest absolute Gasteiger partial charge is 0.493 e. The minimum absolute atomic E-state index is 0.108. The van der Waals surface area contributed by atoms with E-state index < -0.39 is 0 Å². The van der Waals surface area contributed by atoms with Crippen molar-refractivity contribution < 1.29 is 9.13 Å². The Morgan fingerprint density at radius 1 is 1.24 bits per heavy atom. The molecule has 0 spiro atoms. The van der Waals surface area contributed by atoms with Crippen molar-refractivity contribution in [2.24, 2.45) is 0 Å². The number of nitrogens with one attached hydrogen (secondary N) is 1. The Morgan fingerprint density at radius 3 is 2.90 bits per heavy atom. The second kappa shape index (κ2) is 6.16. The smallest absolute Gasteiger partial charge is 0.127 e. The van der Waals surface area contributed by atoms with Crippen LogP contribution in [-0.4, -0.2) is 13.7 Å². The summed E-state index contributed by atoms with van der Waals surface area (Å²) < 4.78 is 20.4. The van der Waals surface area contributed by atoms with Gasteiger partial charge in [0.1, 0.15) is 11.6 Å². The molecule has 1 atom stereocenters. The molecule has 0 amide bonds. The van der Waals surface area contributed by atoms with Gasteiger partial charge in [-0.05, 0) is 49.2 Å². The number of ether oxygens (including phenoxy) is 1. The highest BCUT2D eigenvalue weighted by molar-refractivity contribution is 9.10. The van der Waals surface area contributed by atoms with Crippen LogP contribution in [0.3, 0.4) is 0 Å². The van der Waals surface area contributed by atoms with Crippen LogP contribution in [0.5, 0.6) is 5.75 Å². The summed E-state index contributed by atoms with van der Waals surface area (Å²) in [4.78, 5) is 0. The van der Waals surface area contributed by atoms with Gasteiger partial charge in [0.15, 0.2) is 0 Å². The minimum atomic E-state index is -0.237. The topological polar surface area (TPSA) is 21.3 Å². The Bertz CT molecular complexity index is 659.